The van der Waals surface area contributed by atoms with Gasteiger partial charge in [0.25, 0.3) is 5.69 Å². The molecule has 3 aromatic carbocycles. The van der Waals surface area contributed by atoms with Crippen LogP contribution in [-0.4, -0.2) is 40.4 Å². The third-order valence-electron chi connectivity index (χ3n) is 5.99. The fourth-order valence-electron chi connectivity index (χ4n) is 4.05. The van der Waals surface area contributed by atoms with Gasteiger partial charge in [-0.1, -0.05) is 42.5 Å². The number of nitrogens with zero attached hydrogens (tertiary/aromatic N) is 2. The summed E-state index contributed by atoms with van der Waals surface area (Å²) in [4.78, 5) is 23.0. The number of methoxy groups -OCH3 is 2. The summed E-state index contributed by atoms with van der Waals surface area (Å²) in [5.74, 6) is -0.509. The molecule has 3 aromatic rings. The predicted molar refractivity (Wildman–Crippen MR) is 136 cm³/mol. The van der Waals surface area contributed by atoms with Crippen molar-refractivity contribution in [3.8, 4) is 5.75 Å². The van der Waals surface area contributed by atoms with E-state index in [1.165, 1.54) is 31.4 Å². The summed E-state index contributed by atoms with van der Waals surface area (Å²) in [7, 11) is 2.90. The highest BCUT2D eigenvalue weighted by Gasteiger charge is 2.25. The Balaban J connectivity index is 1.91. The molecule has 0 fully saturated rings. The number of esters is 1. The Morgan fingerprint density at radius 2 is 1.58 bits per heavy atom. The summed E-state index contributed by atoms with van der Waals surface area (Å²) in [5.41, 5.74) is 1.85. The minimum atomic E-state index is -2.64. The first-order valence-electron chi connectivity index (χ1n) is 11.2. The second-order valence-electron chi connectivity index (χ2n) is 8.09. The van der Waals surface area contributed by atoms with Crippen LogP contribution in [0.1, 0.15) is 35.8 Å². The molecule has 0 saturated heterocycles. The van der Waals surface area contributed by atoms with Crippen molar-refractivity contribution in [3.63, 3.8) is 0 Å². The maximum Gasteiger partial charge on any atom is 0.313 e. The lowest BCUT2D eigenvalue weighted by molar-refractivity contribution is -0.384. The third-order valence-corrected chi connectivity index (χ3v) is 6.71. The summed E-state index contributed by atoms with van der Waals surface area (Å²) in [6.07, 6.45) is 0.897. The van der Waals surface area contributed by atoms with E-state index in [0.29, 0.717) is 24.3 Å². The van der Waals surface area contributed by atoms with Crippen LogP contribution in [0.25, 0.3) is 0 Å². The second kappa shape index (κ2) is 12.8. The Labute approximate surface area is 212 Å². The average Bonchev–Trinajstić information content (AvgIpc) is 2.90. The van der Waals surface area contributed by atoms with Crippen molar-refractivity contribution in [1.82, 2.24) is 0 Å². The highest BCUT2D eigenvalue weighted by molar-refractivity contribution is 7.80. The van der Waals surface area contributed by atoms with Crippen LogP contribution in [0.4, 0.5) is 11.4 Å². The number of hydrogen-bond acceptors (Lipinski definition) is 7. The van der Waals surface area contributed by atoms with Crippen molar-refractivity contribution in [3.05, 3.63) is 100 Å². The van der Waals surface area contributed by atoms with Crippen LogP contribution in [-0.2, 0) is 20.8 Å². The number of non-ortho nitro benzene ring substituents is 1. The topological polar surface area (TPSA) is 122 Å². The van der Waals surface area contributed by atoms with Gasteiger partial charge in [0.05, 0.1) is 25.1 Å². The number of benzene rings is 3. The van der Waals surface area contributed by atoms with E-state index in [4.69, 9.17) is 9.47 Å². The second-order valence-corrected chi connectivity index (χ2v) is 8.96. The van der Waals surface area contributed by atoms with E-state index < -0.39 is 22.1 Å². The van der Waals surface area contributed by atoms with Gasteiger partial charge >= 0.3 is 5.97 Å². The molecule has 3 atom stereocenters. The lowest BCUT2D eigenvalue weighted by atomic mass is 9.87. The summed E-state index contributed by atoms with van der Waals surface area (Å²) >= 11 is -2.64. The molecule has 0 aliphatic heterocycles. The minimum Gasteiger partial charge on any atom is -0.755 e. The van der Waals surface area contributed by atoms with Gasteiger partial charge in [0.15, 0.2) is 0 Å². The minimum absolute atomic E-state index is 0.0724. The molecule has 0 saturated carbocycles. The fourth-order valence-corrected chi connectivity index (χ4v) is 4.64. The monoisotopic (exact) mass is 511 g/mol. The zero-order chi connectivity index (χ0) is 26.1. The van der Waals surface area contributed by atoms with Crippen molar-refractivity contribution in [2.45, 2.75) is 24.7 Å². The largest absolute Gasteiger partial charge is 0.755 e. The average molecular weight is 512 g/mol. The lowest BCUT2D eigenvalue weighted by Crippen LogP contribution is -2.31. The van der Waals surface area contributed by atoms with Gasteiger partial charge in [-0.2, -0.15) is 0 Å². The van der Waals surface area contributed by atoms with Crippen LogP contribution in [0.2, 0.25) is 0 Å². The molecular formula is C26H27N2O7S-. The molecule has 3 unspecified atom stereocenters. The zero-order valence-corrected chi connectivity index (χ0v) is 20.8. The van der Waals surface area contributed by atoms with E-state index in [0.717, 1.165) is 15.4 Å². The number of anilines is 1. The van der Waals surface area contributed by atoms with Crippen molar-refractivity contribution in [1.29, 1.82) is 0 Å². The Kier molecular flexibility index (Phi) is 9.54. The first kappa shape index (κ1) is 26.8. The number of rotatable bonds is 12. The third kappa shape index (κ3) is 6.89. The number of hydrogen-bond donors (Lipinski definition) is 0. The number of carbonyl (C=O) groups is 1. The highest BCUT2D eigenvalue weighted by Crippen LogP contribution is 2.32. The van der Waals surface area contributed by atoms with Gasteiger partial charge in [-0.25, -0.2) is 0 Å². The molecule has 10 heteroatoms. The van der Waals surface area contributed by atoms with Crippen molar-refractivity contribution < 1.29 is 28.0 Å². The molecule has 0 radical (unpaired) electrons. The molecular weight excluding hydrogens is 484 g/mol. The molecule has 0 N–H and O–H groups in total. The fraction of sp³-hybridized carbons (Fsp3) is 0.269. The molecule has 0 bridgehead atoms. The molecule has 9 nitrogen and oxygen atoms in total. The van der Waals surface area contributed by atoms with Crippen LogP contribution in [0.15, 0.2) is 78.9 Å². The Hall–Kier alpha value is -3.76. The molecule has 0 amide bonds. The Morgan fingerprint density at radius 3 is 2.11 bits per heavy atom. The van der Waals surface area contributed by atoms with Gasteiger partial charge in [-0.05, 0) is 48.2 Å². The molecule has 0 aliphatic carbocycles. The molecule has 0 aromatic heterocycles. The van der Waals surface area contributed by atoms with Gasteiger partial charge in [0, 0.05) is 41.5 Å². The number of nitro groups is 1. The zero-order valence-electron chi connectivity index (χ0n) is 19.9. The van der Waals surface area contributed by atoms with E-state index >= 15 is 0 Å². The maximum absolute atomic E-state index is 12.6. The molecule has 0 aliphatic rings. The summed E-state index contributed by atoms with van der Waals surface area (Å²) in [5, 5.41) is 11.0. The van der Waals surface area contributed by atoms with E-state index in [1.807, 2.05) is 42.5 Å². The lowest BCUT2D eigenvalue weighted by Gasteiger charge is -2.31. The van der Waals surface area contributed by atoms with E-state index in [2.05, 4.69) is 0 Å². The van der Waals surface area contributed by atoms with Crippen LogP contribution in [0.5, 0.6) is 5.75 Å². The van der Waals surface area contributed by atoms with Crippen LogP contribution >= 0.6 is 0 Å². The quantitative estimate of drug-likeness (QED) is 0.149. The maximum atomic E-state index is 12.6. The van der Waals surface area contributed by atoms with Crippen molar-refractivity contribution >= 4 is 28.6 Å². The highest BCUT2D eigenvalue weighted by atomic mass is 32.2. The van der Waals surface area contributed by atoms with Gasteiger partial charge in [0.1, 0.15) is 5.75 Å². The van der Waals surface area contributed by atoms with E-state index in [9.17, 15) is 23.7 Å². The normalized spacial score (nSPS) is 13.3. The first-order chi connectivity index (χ1) is 17.3. The summed E-state index contributed by atoms with van der Waals surface area (Å²) < 4.78 is 35.8. The number of carbonyl (C=O) groups excluding carboxylic acids is 1. The van der Waals surface area contributed by atoms with Gasteiger partial charge in [0.2, 0.25) is 0 Å². The van der Waals surface area contributed by atoms with Gasteiger partial charge < -0.3 is 18.3 Å². The van der Waals surface area contributed by atoms with Crippen LogP contribution in [0, 0.1) is 10.1 Å². The van der Waals surface area contributed by atoms with E-state index in [1.54, 1.807) is 19.2 Å². The van der Waals surface area contributed by atoms with Gasteiger partial charge in [-0.3, -0.25) is 19.1 Å². The van der Waals surface area contributed by atoms with Crippen molar-refractivity contribution in [2.75, 3.05) is 25.1 Å². The number of ether oxygens (including phenoxy) is 2. The van der Waals surface area contributed by atoms with Crippen LogP contribution < -0.4 is 9.04 Å². The SMILES string of the molecule is COC(=O)C(CCC(CN(c1ccc([N+](=O)[O-])cc1)S(=O)[O-])c1ccc(OC)cc1)c1ccccc1. The predicted octanol–water partition coefficient (Wildman–Crippen LogP) is 4.72. The molecule has 3 rings (SSSR count). The smallest absolute Gasteiger partial charge is 0.313 e. The van der Waals surface area contributed by atoms with Gasteiger partial charge in [-0.15, -0.1) is 0 Å². The molecule has 190 valence electrons. The Morgan fingerprint density at radius 1 is 0.944 bits per heavy atom. The molecule has 36 heavy (non-hydrogen) atoms. The summed E-state index contributed by atoms with van der Waals surface area (Å²) in [6.45, 7) is 0.0724. The molecule has 0 spiro atoms. The first-order valence-corrected chi connectivity index (χ1v) is 12.2. The Bertz CT molecular complexity index is 1170. The van der Waals surface area contributed by atoms with Crippen LogP contribution in [0.3, 0.4) is 0 Å². The number of nitro benzene ring substituents is 1. The molecule has 0 heterocycles. The van der Waals surface area contributed by atoms with Crippen molar-refractivity contribution in [2.24, 2.45) is 0 Å². The summed E-state index contributed by atoms with van der Waals surface area (Å²) in [6, 6.07) is 21.9. The van der Waals surface area contributed by atoms with E-state index in [-0.39, 0.29) is 24.1 Å². The standard InChI is InChI=1S/C26H28N2O7S/c1-34-24-15-8-19(9-16-24)21(10-17-25(26(29)35-2)20-6-4-3-5-7-20)18-27(36(32)33)22-11-13-23(14-12-22)28(30)31/h3-9,11-16,21,25H,10,17-18H2,1-2H3,(H,32,33)/p-1.